The molecule has 0 heterocycles. The zero-order chi connectivity index (χ0) is 6.20. The monoisotopic (exact) mass is 204 g/mol. The second kappa shape index (κ2) is 3.08. The Morgan fingerprint density at radius 3 is 2.00 bits per heavy atom. The molecule has 0 amide bonds. The predicted octanol–water partition coefficient (Wildman–Crippen LogP) is -0.0501. The third kappa shape index (κ3) is 1.72. The topological polar surface area (TPSA) is 63.3 Å². The minimum Gasteiger partial charge on any atom is -0.480 e. The number of carboxylic acids is 1. The van der Waals surface area contributed by atoms with E-state index in [0.29, 0.717) is 12.8 Å². The standard InChI is InChI=1S/C5H9NO2.Y/c6-5(4(7)8)2-1-3-5;/h1-3,6H2,(H,7,8);. The number of nitrogens with two attached hydrogens (primary N) is 1. The van der Waals surface area contributed by atoms with Crippen molar-refractivity contribution in [2.24, 2.45) is 5.73 Å². The SMILES string of the molecule is NC1(C(=O)O)CCC1.[Y]. The van der Waals surface area contributed by atoms with Crippen molar-refractivity contribution in [3.8, 4) is 0 Å². The maximum Gasteiger partial charge on any atom is 0.323 e. The van der Waals surface area contributed by atoms with Crippen molar-refractivity contribution < 1.29 is 42.6 Å². The molecule has 0 spiro atoms. The molecule has 1 aliphatic carbocycles. The number of aliphatic carboxylic acids is 1. The van der Waals surface area contributed by atoms with Crippen molar-refractivity contribution in [3.63, 3.8) is 0 Å². The van der Waals surface area contributed by atoms with Gasteiger partial charge in [0, 0.05) is 32.7 Å². The Hall–Kier alpha value is 0.534. The van der Waals surface area contributed by atoms with Crippen LogP contribution < -0.4 is 5.73 Å². The largest absolute Gasteiger partial charge is 0.480 e. The Morgan fingerprint density at radius 1 is 1.56 bits per heavy atom. The number of hydrogen-bond donors (Lipinski definition) is 2. The Bertz CT molecular complexity index is 122. The van der Waals surface area contributed by atoms with E-state index in [4.69, 9.17) is 10.8 Å². The molecule has 9 heavy (non-hydrogen) atoms. The molecule has 1 fully saturated rings. The second-order valence-corrected chi connectivity index (χ2v) is 2.31. The van der Waals surface area contributed by atoms with E-state index >= 15 is 0 Å². The van der Waals surface area contributed by atoms with Gasteiger partial charge in [0.15, 0.2) is 0 Å². The summed E-state index contributed by atoms with van der Waals surface area (Å²) in [6, 6.07) is 0. The molecule has 0 aromatic heterocycles. The van der Waals surface area contributed by atoms with Crippen LogP contribution in [0, 0.1) is 0 Å². The van der Waals surface area contributed by atoms with E-state index in [9.17, 15) is 4.79 Å². The van der Waals surface area contributed by atoms with Gasteiger partial charge in [-0.05, 0) is 19.3 Å². The number of carboxylic acid groups (broad SMARTS) is 1. The van der Waals surface area contributed by atoms with Gasteiger partial charge in [-0.3, -0.25) is 4.79 Å². The van der Waals surface area contributed by atoms with Crippen LogP contribution in [-0.4, -0.2) is 16.6 Å². The molecule has 0 bridgehead atoms. The van der Waals surface area contributed by atoms with Gasteiger partial charge in [0.25, 0.3) is 0 Å². The molecule has 0 atom stereocenters. The van der Waals surface area contributed by atoms with E-state index in [0.717, 1.165) is 6.42 Å². The van der Waals surface area contributed by atoms with Gasteiger partial charge in [-0.15, -0.1) is 0 Å². The van der Waals surface area contributed by atoms with Crippen molar-refractivity contribution >= 4 is 5.97 Å². The van der Waals surface area contributed by atoms with Gasteiger partial charge in [0.05, 0.1) is 0 Å². The van der Waals surface area contributed by atoms with Crippen LogP contribution in [0.5, 0.6) is 0 Å². The summed E-state index contributed by atoms with van der Waals surface area (Å²) in [4.78, 5) is 10.2. The first-order valence-electron chi connectivity index (χ1n) is 2.67. The fourth-order valence-corrected chi connectivity index (χ4v) is 0.772. The summed E-state index contributed by atoms with van der Waals surface area (Å²) >= 11 is 0. The molecule has 3 nitrogen and oxygen atoms in total. The molecule has 0 aromatic carbocycles. The van der Waals surface area contributed by atoms with Crippen LogP contribution in [0.2, 0.25) is 0 Å². The Kier molecular flexibility index (Phi) is 3.27. The van der Waals surface area contributed by atoms with E-state index in [2.05, 4.69) is 0 Å². The van der Waals surface area contributed by atoms with Crippen molar-refractivity contribution in [2.75, 3.05) is 0 Å². The van der Waals surface area contributed by atoms with Gasteiger partial charge < -0.3 is 10.8 Å². The molecule has 0 aliphatic heterocycles. The molecule has 1 saturated carbocycles. The molecule has 0 saturated heterocycles. The fourth-order valence-electron chi connectivity index (χ4n) is 0.772. The molecular formula is C5H9NO2Y. The van der Waals surface area contributed by atoms with E-state index in [1.54, 1.807) is 0 Å². The summed E-state index contributed by atoms with van der Waals surface area (Å²) in [5, 5.41) is 8.37. The summed E-state index contributed by atoms with van der Waals surface area (Å²) in [7, 11) is 0. The first-order chi connectivity index (χ1) is 3.65. The minimum absolute atomic E-state index is 0. The van der Waals surface area contributed by atoms with Gasteiger partial charge in [0.1, 0.15) is 5.54 Å². The fraction of sp³-hybridized carbons (Fsp3) is 0.800. The Balaban J connectivity index is 0.000000640. The van der Waals surface area contributed by atoms with Crippen LogP contribution in [0.3, 0.4) is 0 Å². The third-order valence-electron chi connectivity index (χ3n) is 1.67. The van der Waals surface area contributed by atoms with Gasteiger partial charge in [-0.2, -0.15) is 0 Å². The van der Waals surface area contributed by atoms with E-state index in [1.807, 2.05) is 0 Å². The van der Waals surface area contributed by atoms with Crippen LogP contribution in [0.15, 0.2) is 0 Å². The smallest absolute Gasteiger partial charge is 0.323 e. The number of rotatable bonds is 1. The molecule has 1 aliphatic rings. The van der Waals surface area contributed by atoms with Crippen LogP contribution in [0.25, 0.3) is 0 Å². The molecular weight excluding hydrogens is 195 g/mol. The molecule has 49 valence electrons. The summed E-state index contributed by atoms with van der Waals surface area (Å²) in [6.07, 6.45) is 2.24. The maximum atomic E-state index is 10.2. The van der Waals surface area contributed by atoms with E-state index in [1.165, 1.54) is 0 Å². The van der Waals surface area contributed by atoms with E-state index in [-0.39, 0.29) is 32.7 Å². The average molecular weight is 204 g/mol. The molecule has 1 radical (unpaired) electrons. The maximum absolute atomic E-state index is 10.2. The van der Waals surface area contributed by atoms with Gasteiger partial charge in [-0.1, -0.05) is 0 Å². The molecule has 3 N–H and O–H groups in total. The summed E-state index contributed by atoms with van der Waals surface area (Å²) in [6.45, 7) is 0. The summed E-state index contributed by atoms with van der Waals surface area (Å²) < 4.78 is 0. The van der Waals surface area contributed by atoms with Crippen LogP contribution >= 0.6 is 0 Å². The van der Waals surface area contributed by atoms with Gasteiger partial charge >= 0.3 is 5.97 Å². The van der Waals surface area contributed by atoms with E-state index < -0.39 is 11.5 Å². The first-order valence-corrected chi connectivity index (χ1v) is 2.67. The van der Waals surface area contributed by atoms with Crippen molar-refractivity contribution in [2.45, 2.75) is 24.8 Å². The van der Waals surface area contributed by atoms with Crippen molar-refractivity contribution in [1.82, 2.24) is 0 Å². The molecule has 1 rings (SSSR count). The summed E-state index contributed by atoms with van der Waals surface area (Å²) in [5.41, 5.74) is 4.48. The van der Waals surface area contributed by atoms with Gasteiger partial charge in [-0.25, -0.2) is 0 Å². The summed E-state index contributed by atoms with van der Waals surface area (Å²) in [5.74, 6) is -0.858. The van der Waals surface area contributed by atoms with Crippen molar-refractivity contribution in [3.05, 3.63) is 0 Å². The number of hydrogen-bond acceptors (Lipinski definition) is 2. The third-order valence-corrected chi connectivity index (χ3v) is 1.67. The van der Waals surface area contributed by atoms with Crippen LogP contribution in [-0.2, 0) is 37.5 Å². The van der Waals surface area contributed by atoms with Crippen LogP contribution in [0.1, 0.15) is 19.3 Å². The predicted molar refractivity (Wildman–Crippen MR) is 28.4 cm³/mol. The molecule has 4 heteroatoms. The Labute approximate surface area is 78.9 Å². The average Bonchev–Trinajstić information content (AvgIpc) is 1.60. The zero-order valence-corrected chi connectivity index (χ0v) is 7.97. The number of carbonyl (C=O) groups is 1. The Morgan fingerprint density at radius 2 is 2.00 bits per heavy atom. The zero-order valence-electron chi connectivity index (χ0n) is 5.13. The van der Waals surface area contributed by atoms with Crippen molar-refractivity contribution in [1.29, 1.82) is 0 Å². The first kappa shape index (κ1) is 9.53. The molecule has 0 unspecified atom stereocenters. The normalized spacial score (nSPS) is 21.4. The quantitative estimate of drug-likeness (QED) is 0.629. The molecule has 0 aromatic rings. The second-order valence-electron chi connectivity index (χ2n) is 2.31. The minimum atomic E-state index is -0.861. The van der Waals surface area contributed by atoms with Crippen LogP contribution in [0.4, 0.5) is 0 Å². The van der Waals surface area contributed by atoms with Gasteiger partial charge in [0.2, 0.25) is 0 Å².